The van der Waals surface area contributed by atoms with Gasteiger partial charge in [-0.25, -0.2) is 0 Å². The molecule has 1 aromatic heterocycles. The molecule has 1 heterocycles. The molecule has 106 valence electrons. The molecule has 0 saturated heterocycles. The SMILES string of the molecule is COc1cc(Br)c(C(=O)c2cc(Cl)sc2Cl)cc1OC. The summed E-state index contributed by atoms with van der Waals surface area (Å²) in [4.78, 5) is 12.5. The lowest BCUT2D eigenvalue weighted by atomic mass is 10.1. The Hall–Kier alpha value is -0.750. The molecule has 0 bridgehead atoms. The van der Waals surface area contributed by atoms with Gasteiger partial charge in [-0.15, -0.1) is 11.3 Å². The smallest absolute Gasteiger partial charge is 0.196 e. The zero-order valence-corrected chi connectivity index (χ0v) is 14.4. The highest BCUT2D eigenvalue weighted by atomic mass is 79.9. The van der Waals surface area contributed by atoms with Crippen LogP contribution in [0.3, 0.4) is 0 Å². The fraction of sp³-hybridized carbons (Fsp3) is 0.154. The van der Waals surface area contributed by atoms with Gasteiger partial charge in [-0.2, -0.15) is 0 Å². The van der Waals surface area contributed by atoms with Crippen molar-refractivity contribution in [3.63, 3.8) is 0 Å². The van der Waals surface area contributed by atoms with Gasteiger partial charge >= 0.3 is 0 Å². The Balaban J connectivity index is 2.52. The van der Waals surface area contributed by atoms with Crippen molar-refractivity contribution < 1.29 is 14.3 Å². The number of carbonyl (C=O) groups is 1. The van der Waals surface area contributed by atoms with Gasteiger partial charge in [0, 0.05) is 10.0 Å². The number of carbonyl (C=O) groups excluding carboxylic acids is 1. The Bertz CT molecular complexity index is 670. The maximum Gasteiger partial charge on any atom is 0.196 e. The first-order valence-corrected chi connectivity index (χ1v) is 7.75. The molecule has 3 nitrogen and oxygen atoms in total. The van der Waals surface area contributed by atoms with Crippen molar-refractivity contribution in [1.29, 1.82) is 0 Å². The van der Waals surface area contributed by atoms with Crippen LogP contribution in [0.25, 0.3) is 0 Å². The van der Waals surface area contributed by atoms with Gasteiger partial charge in [0.2, 0.25) is 0 Å². The second-order valence-electron chi connectivity index (χ2n) is 3.75. The maximum atomic E-state index is 12.5. The highest BCUT2D eigenvalue weighted by Gasteiger charge is 2.21. The summed E-state index contributed by atoms with van der Waals surface area (Å²) in [5, 5.41) is 0. The first-order chi connectivity index (χ1) is 9.47. The first kappa shape index (κ1) is 15.6. The van der Waals surface area contributed by atoms with Gasteiger partial charge < -0.3 is 9.47 Å². The third-order valence-corrected chi connectivity index (χ3v) is 4.76. The molecule has 0 N–H and O–H groups in total. The minimum Gasteiger partial charge on any atom is -0.493 e. The molecule has 20 heavy (non-hydrogen) atoms. The van der Waals surface area contributed by atoms with Crippen LogP contribution in [0.15, 0.2) is 22.7 Å². The lowest BCUT2D eigenvalue weighted by Crippen LogP contribution is -2.03. The lowest BCUT2D eigenvalue weighted by molar-refractivity contribution is 0.103. The summed E-state index contributed by atoms with van der Waals surface area (Å²) in [7, 11) is 3.04. The Morgan fingerprint density at radius 1 is 1.10 bits per heavy atom. The predicted molar refractivity (Wildman–Crippen MR) is 85.0 cm³/mol. The summed E-state index contributed by atoms with van der Waals surface area (Å²) in [6.45, 7) is 0. The molecule has 1 aromatic carbocycles. The highest BCUT2D eigenvalue weighted by molar-refractivity contribution is 9.10. The molecule has 0 unspecified atom stereocenters. The van der Waals surface area contributed by atoms with Crippen LogP contribution < -0.4 is 9.47 Å². The van der Waals surface area contributed by atoms with E-state index in [0.717, 1.165) is 11.3 Å². The summed E-state index contributed by atoms with van der Waals surface area (Å²) >= 11 is 16.4. The van der Waals surface area contributed by atoms with Crippen LogP contribution in [-0.4, -0.2) is 20.0 Å². The van der Waals surface area contributed by atoms with E-state index in [2.05, 4.69) is 15.9 Å². The Morgan fingerprint density at radius 3 is 2.20 bits per heavy atom. The number of hydrogen-bond acceptors (Lipinski definition) is 4. The van der Waals surface area contributed by atoms with E-state index >= 15 is 0 Å². The van der Waals surface area contributed by atoms with E-state index in [4.69, 9.17) is 32.7 Å². The average Bonchev–Trinajstić information content (AvgIpc) is 2.76. The third-order valence-electron chi connectivity index (χ3n) is 2.62. The number of hydrogen-bond donors (Lipinski definition) is 0. The minimum absolute atomic E-state index is 0.231. The van der Waals surface area contributed by atoms with Gasteiger partial charge in [0.1, 0.15) is 4.34 Å². The van der Waals surface area contributed by atoms with E-state index in [-0.39, 0.29) is 5.78 Å². The second kappa shape index (κ2) is 6.35. The first-order valence-electron chi connectivity index (χ1n) is 5.39. The zero-order valence-electron chi connectivity index (χ0n) is 10.5. The number of ether oxygens (including phenoxy) is 2. The fourth-order valence-corrected chi connectivity index (χ4v) is 3.63. The minimum atomic E-state index is -0.231. The van der Waals surface area contributed by atoms with Crippen molar-refractivity contribution in [2.24, 2.45) is 0 Å². The molecular weight excluding hydrogens is 387 g/mol. The molecule has 0 amide bonds. The summed E-state index contributed by atoms with van der Waals surface area (Å²) < 4.78 is 11.8. The van der Waals surface area contributed by atoms with E-state index in [1.807, 2.05) is 0 Å². The normalized spacial score (nSPS) is 10.4. The quantitative estimate of drug-likeness (QED) is 0.678. The molecule has 0 spiro atoms. The molecule has 0 saturated carbocycles. The topological polar surface area (TPSA) is 35.5 Å². The fourth-order valence-electron chi connectivity index (χ4n) is 1.67. The Morgan fingerprint density at radius 2 is 1.70 bits per heavy atom. The molecule has 7 heteroatoms. The molecular formula is C13H9BrCl2O3S. The number of halogens is 3. The monoisotopic (exact) mass is 394 g/mol. The van der Waals surface area contributed by atoms with Crippen molar-refractivity contribution >= 4 is 56.3 Å². The van der Waals surface area contributed by atoms with Crippen LogP contribution >= 0.6 is 50.5 Å². The van der Waals surface area contributed by atoms with Gasteiger partial charge in [0.25, 0.3) is 0 Å². The van der Waals surface area contributed by atoms with Crippen molar-refractivity contribution in [1.82, 2.24) is 0 Å². The molecule has 0 atom stereocenters. The van der Waals surface area contributed by atoms with Crippen molar-refractivity contribution in [2.75, 3.05) is 14.2 Å². The van der Waals surface area contributed by atoms with Crippen LogP contribution in [0.4, 0.5) is 0 Å². The van der Waals surface area contributed by atoms with E-state index in [9.17, 15) is 4.79 Å². The maximum absolute atomic E-state index is 12.5. The summed E-state index contributed by atoms with van der Waals surface area (Å²) in [6.07, 6.45) is 0. The Kier molecular flexibility index (Phi) is 4.96. The summed E-state index contributed by atoms with van der Waals surface area (Å²) in [5.41, 5.74) is 0.800. The molecule has 2 rings (SSSR count). The standard InChI is InChI=1S/C13H9BrCl2O3S/c1-18-9-3-6(8(14)5-10(9)19-2)12(17)7-4-11(15)20-13(7)16/h3-5H,1-2H3. The van der Waals surface area contributed by atoms with Gasteiger partial charge in [0.05, 0.1) is 24.1 Å². The van der Waals surface area contributed by atoms with Crippen LogP contribution in [0.5, 0.6) is 11.5 Å². The van der Waals surface area contributed by atoms with Gasteiger partial charge in [-0.3, -0.25) is 4.79 Å². The third kappa shape index (κ3) is 2.96. The Labute approximate surface area is 138 Å². The van der Waals surface area contributed by atoms with Crippen LogP contribution in [-0.2, 0) is 0 Å². The van der Waals surface area contributed by atoms with E-state index < -0.39 is 0 Å². The van der Waals surface area contributed by atoms with Gasteiger partial charge in [0.15, 0.2) is 17.3 Å². The van der Waals surface area contributed by atoms with E-state index in [1.165, 1.54) is 14.2 Å². The van der Waals surface area contributed by atoms with Gasteiger partial charge in [-0.1, -0.05) is 23.2 Å². The molecule has 0 fully saturated rings. The van der Waals surface area contributed by atoms with E-state index in [0.29, 0.717) is 35.8 Å². The van der Waals surface area contributed by atoms with Crippen LogP contribution in [0.1, 0.15) is 15.9 Å². The van der Waals surface area contributed by atoms with Crippen molar-refractivity contribution in [3.8, 4) is 11.5 Å². The average molecular weight is 396 g/mol. The number of rotatable bonds is 4. The molecule has 0 aliphatic carbocycles. The molecule has 0 aliphatic rings. The molecule has 0 aliphatic heterocycles. The molecule has 2 aromatic rings. The zero-order chi connectivity index (χ0) is 14.9. The lowest BCUT2D eigenvalue weighted by Gasteiger charge is -2.11. The van der Waals surface area contributed by atoms with Crippen LogP contribution in [0, 0.1) is 0 Å². The number of benzene rings is 1. The van der Waals surface area contributed by atoms with Crippen LogP contribution in [0.2, 0.25) is 8.67 Å². The van der Waals surface area contributed by atoms with Crippen molar-refractivity contribution in [3.05, 3.63) is 42.5 Å². The number of ketones is 1. The van der Waals surface area contributed by atoms with Crippen molar-refractivity contribution in [2.45, 2.75) is 0 Å². The number of thiophene rings is 1. The predicted octanol–water partition coefficient (Wildman–Crippen LogP) is 5.07. The molecule has 0 radical (unpaired) electrons. The van der Waals surface area contributed by atoms with Gasteiger partial charge in [-0.05, 0) is 34.1 Å². The number of methoxy groups -OCH3 is 2. The summed E-state index contributed by atoms with van der Waals surface area (Å²) in [6, 6.07) is 4.83. The largest absolute Gasteiger partial charge is 0.493 e. The second-order valence-corrected chi connectivity index (χ2v) is 6.89. The highest BCUT2D eigenvalue weighted by Crippen LogP contribution is 2.37. The summed E-state index contributed by atoms with van der Waals surface area (Å²) in [5.74, 6) is 0.771. The van der Waals surface area contributed by atoms with E-state index in [1.54, 1.807) is 18.2 Å².